The van der Waals surface area contributed by atoms with Crippen LogP contribution in [0.5, 0.6) is 0 Å². The maximum absolute atomic E-state index is 13.4. The number of nitrogens with one attached hydrogen (secondary N) is 1. The molecule has 1 unspecified atom stereocenters. The molecule has 0 radical (unpaired) electrons. The van der Waals surface area contributed by atoms with E-state index in [1.54, 1.807) is 4.90 Å². The van der Waals surface area contributed by atoms with Crippen molar-refractivity contribution in [3.8, 4) is 0 Å². The summed E-state index contributed by atoms with van der Waals surface area (Å²) >= 11 is 0. The zero-order chi connectivity index (χ0) is 24.5. The minimum Gasteiger partial charge on any atom is -0.368 e. The van der Waals surface area contributed by atoms with Crippen LogP contribution in [0.2, 0.25) is 0 Å². The van der Waals surface area contributed by atoms with Crippen LogP contribution in [-0.2, 0) is 14.3 Å². The van der Waals surface area contributed by atoms with Crippen molar-refractivity contribution in [2.24, 2.45) is 5.92 Å². The molecular formula is C28H39N3O4. The highest BCUT2D eigenvalue weighted by atomic mass is 16.5. The number of ether oxygens (including phenoxy) is 1. The summed E-state index contributed by atoms with van der Waals surface area (Å²) in [7, 11) is 0. The van der Waals surface area contributed by atoms with Gasteiger partial charge in [0.1, 0.15) is 18.7 Å². The van der Waals surface area contributed by atoms with Gasteiger partial charge in [-0.05, 0) is 81.1 Å². The minimum atomic E-state index is -0.648. The van der Waals surface area contributed by atoms with Gasteiger partial charge in [0.15, 0.2) is 5.78 Å². The first-order valence-electron chi connectivity index (χ1n) is 13.5. The lowest BCUT2D eigenvalue weighted by Crippen LogP contribution is -2.52. The maximum atomic E-state index is 13.4. The third-order valence-corrected chi connectivity index (χ3v) is 8.47. The Morgan fingerprint density at radius 2 is 1.74 bits per heavy atom. The van der Waals surface area contributed by atoms with E-state index in [0.717, 1.165) is 6.04 Å². The first-order valence-corrected chi connectivity index (χ1v) is 13.5. The van der Waals surface area contributed by atoms with Gasteiger partial charge in [-0.3, -0.25) is 14.4 Å². The van der Waals surface area contributed by atoms with Gasteiger partial charge < -0.3 is 19.9 Å². The molecule has 0 aromatic heterocycles. The SMILES string of the molecule is CC(C)CC(NC(=O)c1ccc(C2CCN(C3CCC3)CC2)cc1)C(=O)N1CC[C@H]2OCC(=O)[C@H]21. The number of benzene rings is 1. The third-order valence-electron chi connectivity index (χ3n) is 8.47. The number of Topliss-reactive ketones (excluding diaryl/α,β-unsaturated/α-hetero) is 1. The minimum absolute atomic E-state index is 0.0374. The number of ketones is 1. The van der Waals surface area contributed by atoms with E-state index in [9.17, 15) is 14.4 Å². The molecule has 7 heteroatoms. The molecule has 190 valence electrons. The molecule has 1 aromatic carbocycles. The van der Waals surface area contributed by atoms with Gasteiger partial charge in [-0.15, -0.1) is 0 Å². The number of nitrogens with zero attached hydrogens (tertiary/aromatic N) is 2. The number of amides is 2. The second-order valence-corrected chi connectivity index (χ2v) is 11.3. The van der Waals surface area contributed by atoms with E-state index in [1.165, 1.54) is 50.8 Å². The van der Waals surface area contributed by atoms with Crippen LogP contribution >= 0.6 is 0 Å². The first-order chi connectivity index (χ1) is 16.9. The van der Waals surface area contributed by atoms with E-state index >= 15 is 0 Å². The molecule has 1 aromatic rings. The number of hydrogen-bond donors (Lipinski definition) is 1. The van der Waals surface area contributed by atoms with Gasteiger partial charge in [-0.25, -0.2) is 0 Å². The van der Waals surface area contributed by atoms with E-state index in [4.69, 9.17) is 4.74 Å². The zero-order valence-electron chi connectivity index (χ0n) is 21.1. The highest BCUT2D eigenvalue weighted by molar-refractivity contribution is 5.99. The first kappa shape index (κ1) is 24.4. The van der Waals surface area contributed by atoms with Crippen molar-refractivity contribution in [2.75, 3.05) is 26.2 Å². The van der Waals surface area contributed by atoms with Crippen LogP contribution < -0.4 is 5.32 Å². The molecule has 3 saturated heterocycles. The molecule has 0 bridgehead atoms. The van der Waals surface area contributed by atoms with Crippen molar-refractivity contribution in [1.29, 1.82) is 0 Å². The van der Waals surface area contributed by atoms with E-state index in [-0.39, 0.29) is 36.2 Å². The van der Waals surface area contributed by atoms with Gasteiger partial charge in [-0.1, -0.05) is 32.4 Å². The van der Waals surface area contributed by atoms with E-state index in [1.807, 2.05) is 26.0 Å². The van der Waals surface area contributed by atoms with E-state index < -0.39 is 12.1 Å². The van der Waals surface area contributed by atoms with E-state index in [0.29, 0.717) is 30.9 Å². The molecule has 3 heterocycles. The van der Waals surface area contributed by atoms with Crippen LogP contribution in [0.25, 0.3) is 0 Å². The Morgan fingerprint density at radius 3 is 2.37 bits per heavy atom. The molecule has 0 spiro atoms. The smallest absolute Gasteiger partial charge is 0.251 e. The van der Waals surface area contributed by atoms with Crippen molar-refractivity contribution in [1.82, 2.24) is 15.1 Å². The van der Waals surface area contributed by atoms with Crippen LogP contribution in [0, 0.1) is 5.92 Å². The topological polar surface area (TPSA) is 79.0 Å². The van der Waals surface area contributed by atoms with Crippen molar-refractivity contribution in [2.45, 2.75) is 88.9 Å². The second kappa shape index (κ2) is 10.4. The molecule has 7 nitrogen and oxygen atoms in total. The Bertz CT molecular complexity index is 934. The molecule has 1 aliphatic carbocycles. The lowest BCUT2D eigenvalue weighted by Gasteiger charge is -2.42. The standard InChI is InChI=1S/C28H39N3O4/c1-18(2)16-23(28(34)31-15-12-25-26(31)24(32)17-35-25)29-27(33)21-8-6-19(7-9-21)20-10-13-30(14-11-20)22-4-3-5-22/h6-9,18,20,22-23,25-26H,3-5,10-17H2,1-2H3,(H,29,33)/t23?,25-,26-/m1/s1. The quantitative estimate of drug-likeness (QED) is 0.647. The van der Waals surface area contributed by atoms with Gasteiger partial charge in [0.25, 0.3) is 5.91 Å². The predicted octanol–water partition coefficient (Wildman–Crippen LogP) is 3.13. The number of fused-ring (bicyclic) bond motifs is 1. The molecule has 3 atom stereocenters. The van der Waals surface area contributed by atoms with Gasteiger partial charge >= 0.3 is 0 Å². The summed E-state index contributed by atoms with van der Waals surface area (Å²) in [5, 5.41) is 2.98. The number of carbonyl (C=O) groups excluding carboxylic acids is 3. The Kier molecular flexibility index (Phi) is 7.26. The summed E-state index contributed by atoms with van der Waals surface area (Å²) in [6.45, 7) is 6.98. The fraction of sp³-hybridized carbons (Fsp3) is 0.679. The Balaban J connectivity index is 1.20. The lowest BCUT2D eigenvalue weighted by atomic mass is 9.85. The summed E-state index contributed by atoms with van der Waals surface area (Å²) in [4.78, 5) is 43.1. The van der Waals surface area contributed by atoms with Crippen LogP contribution in [0.1, 0.15) is 80.6 Å². The van der Waals surface area contributed by atoms with Crippen molar-refractivity contribution in [3.63, 3.8) is 0 Å². The Hall–Kier alpha value is -2.25. The number of carbonyl (C=O) groups is 3. The molecule has 2 amide bonds. The van der Waals surface area contributed by atoms with Crippen LogP contribution in [0.15, 0.2) is 24.3 Å². The average Bonchev–Trinajstić information content (AvgIpc) is 3.40. The van der Waals surface area contributed by atoms with Crippen LogP contribution in [0.3, 0.4) is 0 Å². The summed E-state index contributed by atoms with van der Waals surface area (Å²) in [6, 6.07) is 7.61. The molecule has 5 rings (SSSR count). The third kappa shape index (κ3) is 5.17. The molecule has 4 aliphatic rings. The molecule has 35 heavy (non-hydrogen) atoms. The fourth-order valence-corrected chi connectivity index (χ4v) is 6.23. The largest absolute Gasteiger partial charge is 0.368 e. The highest BCUT2D eigenvalue weighted by Crippen LogP contribution is 2.33. The molecule has 3 aliphatic heterocycles. The maximum Gasteiger partial charge on any atom is 0.251 e. The lowest BCUT2D eigenvalue weighted by molar-refractivity contribution is -0.138. The second-order valence-electron chi connectivity index (χ2n) is 11.3. The van der Waals surface area contributed by atoms with Crippen molar-refractivity contribution < 1.29 is 19.1 Å². The summed E-state index contributed by atoms with van der Waals surface area (Å²) in [5.74, 6) is 0.331. The monoisotopic (exact) mass is 481 g/mol. The number of rotatable bonds is 7. The van der Waals surface area contributed by atoms with Crippen molar-refractivity contribution in [3.05, 3.63) is 35.4 Å². The molecule has 4 fully saturated rings. The normalized spacial score (nSPS) is 26.6. The molecule has 1 N–H and O–H groups in total. The zero-order valence-corrected chi connectivity index (χ0v) is 21.1. The number of hydrogen-bond acceptors (Lipinski definition) is 5. The van der Waals surface area contributed by atoms with Crippen LogP contribution in [0.4, 0.5) is 0 Å². The van der Waals surface area contributed by atoms with Crippen LogP contribution in [-0.4, -0.2) is 77.9 Å². The van der Waals surface area contributed by atoms with Gasteiger partial charge in [0.2, 0.25) is 5.91 Å². The fourth-order valence-electron chi connectivity index (χ4n) is 6.23. The number of piperidine rings is 1. The summed E-state index contributed by atoms with van der Waals surface area (Å²) in [5.41, 5.74) is 1.87. The predicted molar refractivity (Wildman–Crippen MR) is 133 cm³/mol. The van der Waals surface area contributed by atoms with Crippen molar-refractivity contribution >= 4 is 17.6 Å². The Labute approximate surface area is 208 Å². The average molecular weight is 482 g/mol. The van der Waals surface area contributed by atoms with Gasteiger partial charge in [-0.2, -0.15) is 0 Å². The van der Waals surface area contributed by atoms with Gasteiger partial charge in [0, 0.05) is 18.2 Å². The molecular weight excluding hydrogens is 442 g/mol. The summed E-state index contributed by atoms with van der Waals surface area (Å²) in [6.07, 6.45) is 7.45. The number of likely N-dealkylation sites (tertiary alicyclic amines) is 2. The molecule has 1 saturated carbocycles. The summed E-state index contributed by atoms with van der Waals surface area (Å²) < 4.78 is 5.53. The highest BCUT2D eigenvalue weighted by Gasteiger charge is 2.48. The Morgan fingerprint density at radius 1 is 1.03 bits per heavy atom. The van der Waals surface area contributed by atoms with Gasteiger partial charge in [0.05, 0.1) is 6.10 Å². The van der Waals surface area contributed by atoms with E-state index in [2.05, 4.69) is 22.3 Å².